The number of thiol groups is 1. The van der Waals surface area contributed by atoms with Crippen LogP contribution in [0, 0.1) is 0 Å². The highest BCUT2D eigenvalue weighted by Crippen LogP contribution is 2.33. The summed E-state index contributed by atoms with van der Waals surface area (Å²) in [5, 5.41) is 5.39. The fraction of sp³-hybridized carbons (Fsp3) is 0.118. The molecule has 4 rings (SSSR count). The number of aliphatic imine (C=N–C) groups is 1. The van der Waals surface area contributed by atoms with Crippen LogP contribution in [-0.4, -0.2) is 28.1 Å². The summed E-state index contributed by atoms with van der Waals surface area (Å²) in [7, 11) is 0. The predicted octanol–water partition coefficient (Wildman–Crippen LogP) is 3.27. The number of ether oxygens (including phenoxy) is 1. The molecule has 1 amide bonds. The van der Waals surface area contributed by atoms with Gasteiger partial charge in [-0.1, -0.05) is 41.9 Å². The Hall–Kier alpha value is -2.31. The van der Waals surface area contributed by atoms with E-state index in [2.05, 4.69) is 22.7 Å². The Morgan fingerprint density at radius 3 is 2.50 bits per heavy atom. The number of carbonyl (C=O) groups excluding carboxylic acids is 1. The maximum absolute atomic E-state index is 12.6. The van der Waals surface area contributed by atoms with Crippen molar-refractivity contribution in [3.05, 3.63) is 70.7 Å². The van der Waals surface area contributed by atoms with Crippen LogP contribution in [0.15, 0.2) is 64.7 Å². The molecule has 2 aliphatic heterocycles. The molecule has 0 saturated carbocycles. The molecule has 0 radical (unpaired) electrons. The predicted molar refractivity (Wildman–Crippen MR) is 95.3 cm³/mol. The third-order valence-corrected chi connectivity index (χ3v) is 4.56. The van der Waals surface area contributed by atoms with Gasteiger partial charge in [0.1, 0.15) is 11.3 Å². The average Bonchev–Trinajstić information content (AvgIpc) is 3.04. The van der Waals surface area contributed by atoms with Crippen LogP contribution in [0.3, 0.4) is 0 Å². The van der Waals surface area contributed by atoms with Crippen molar-refractivity contribution >= 4 is 42.1 Å². The van der Waals surface area contributed by atoms with E-state index < -0.39 is 11.3 Å². The summed E-state index contributed by atoms with van der Waals surface area (Å²) >= 11 is 10.3. The molecular weight excluding hydrogens is 346 g/mol. The SMILES string of the molecule is O=C1[C@@H](S)[C@@H](c2ccc(Cl)cc2)N=C2OC(c3ccccc3)=NN12. The molecule has 2 aromatic rings. The number of nitrogens with zero attached hydrogens (tertiary/aromatic N) is 3. The lowest BCUT2D eigenvalue weighted by molar-refractivity contribution is -0.128. The van der Waals surface area contributed by atoms with Crippen LogP contribution < -0.4 is 0 Å². The standard InChI is InChI=1S/C17H12ClN3O2S/c18-12-8-6-10(7-9-12)13-14(24)16(22)21-17(19-13)23-15(20-21)11-4-2-1-3-5-11/h1-9,13-14,24H/t13-,14+/m1/s1. The van der Waals surface area contributed by atoms with Crippen LogP contribution in [0.2, 0.25) is 5.02 Å². The molecule has 0 aromatic heterocycles. The number of hydrazone groups is 1. The second-order valence-corrected chi connectivity index (χ2v) is 6.37. The lowest BCUT2D eigenvalue weighted by Gasteiger charge is -2.27. The summed E-state index contributed by atoms with van der Waals surface area (Å²) in [4.78, 5) is 17.1. The Bertz CT molecular complexity index is 852. The van der Waals surface area contributed by atoms with Crippen molar-refractivity contribution in [3.63, 3.8) is 0 Å². The number of amides is 1. The number of hydrogen-bond donors (Lipinski definition) is 1. The second kappa shape index (κ2) is 5.96. The van der Waals surface area contributed by atoms with E-state index in [4.69, 9.17) is 16.3 Å². The maximum atomic E-state index is 12.6. The zero-order chi connectivity index (χ0) is 16.7. The molecule has 0 fully saturated rings. The number of fused-ring (bicyclic) bond motifs is 1. The van der Waals surface area contributed by atoms with Crippen molar-refractivity contribution in [2.45, 2.75) is 11.3 Å². The van der Waals surface area contributed by atoms with Gasteiger partial charge in [0.15, 0.2) is 0 Å². The largest absolute Gasteiger partial charge is 0.403 e. The van der Waals surface area contributed by atoms with Gasteiger partial charge in [-0.25, -0.2) is 4.99 Å². The van der Waals surface area contributed by atoms with E-state index >= 15 is 0 Å². The average molecular weight is 358 g/mol. The minimum absolute atomic E-state index is 0.170. The van der Waals surface area contributed by atoms with Gasteiger partial charge >= 0.3 is 6.02 Å². The molecule has 0 spiro atoms. The van der Waals surface area contributed by atoms with Gasteiger partial charge in [0.05, 0.1) is 0 Å². The van der Waals surface area contributed by atoms with E-state index in [1.807, 2.05) is 42.5 Å². The fourth-order valence-corrected chi connectivity index (χ4v) is 3.05. The first-order chi connectivity index (χ1) is 11.6. The third kappa shape index (κ3) is 2.57. The molecule has 0 N–H and O–H groups in total. The molecule has 0 bridgehead atoms. The molecule has 0 aliphatic carbocycles. The van der Waals surface area contributed by atoms with Crippen molar-refractivity contribution in [2.24, 2.45) is 10.1 Å². The number of hydrogen-bond acceptors (Lipinski definition) is 5. The van der Waals surface area contributed by atoms with Gasteiger partial charge in [-0.2, -0.15) is 12.6 Å². The summed E-state index contributed by atoms with van der Waals surface area (Å²) in [6, 6.07) is 16.3. The first-order valence-electron chi connectivity index (χ1n) is 7.30. The summed E-state index contributed by atoms with van der Waals surface area (Å²) in [6.45, 7) is 0. The van der Waals surface area contributed by atoms with Gasteiger partial charge in [0, 0.05) is 10.6 Å². The normalized spacial score (nSPS) is 22.6. The molecule has 2 heterocycles. The van der Waals surface area contributed by atoms with Crippen LogP contribution in [0.4, 0.5) is 0 Å². The van der Waals surface area contributed by atoms with Crippen LogP contribution in [0.1, 0.15) is 17.2 Å². The first kappa shape index (κ1) is 15.2. The highest BCUT2D eigenvalue weighted by molar-refractivity contribution is 7.81. The van der Waals surface area contributed by atoms with Crippen LogP contribution in [0.25, 0.3) is 0 Å². The van der Waals surface area contributed by atoms with E-state index in [0.29, 0.717) is 10.9 Å². The van der Waals surface area contributed by atoms with Gasteiger partial charge in [-0.3, -0.25) is 4.79 Å². The Kier molecular flexibility index (Phi) is 3.78. The lowest BCUT2D eigenvalue weighted by Crippen LogP contribution is -2.42. The summed E-state index contributed by atoms with van der Waals surface area (Å²) < 4.78 is 5.69. The van der Waals surface area contributed by atoms with Gasteiger partial charge < -0.3 is 4.74 Å². The van der Waals surface area contributed by atoms with Gasteiger partial charge in [0.2, 0.25) is 5.90 Å². The Labute approximate surface area is 149 Å². The zero-order valence-corrected chi connectivity index (χ0v) is 14.0. The van der Waals surface area contributed by atoms with E-state index in [0.717, 1.165) is 11.1 Å². The van der Waals surface area contributed by atoms with Gasteiger partial charge in [0.25, 0.3) is 5.91 Å². The van der Waals surface area contributed by atoms with E-state index in [1.54, 1.807) is 12.1 Å². The summed E-state index contributed by atoms with van der Waals surface area (Å²) in [5.74, 6) is 0.0780. The number of amidine groups is 1. The van der Waals surface area contributed by atoms with Crippen molar-refractivity contribution < 1.29 is 9.53 Å². The van der Waals surface area contributed by atoms with Crippen molar-refractivity contribution in [2.75, 3.05) is 0 Å². The number of carbonyl (C=O) groups is 1. The lowest BCUT2D eigenvalue weighted by atomic mass is 10.0. The minimum Gasteiger partial charge on any atom is -0.403 e. The maximum Gasteiger partial charge on any atom is 0.323 e. The molecule has 24 heavy (non-hydrogen) atoms. The van der Waals surface area contributed by atoms with E-state index in [9.17, 15) is 4.79 Å². The monoisotopic (exact) mass is 357 g/mol. The fourth-order valence-electron chi connectivity index (χ4n) is 2.57. The first-order valence-corrected chi connectivity index (χ1v) is 8.20. The van der Waals surface area contributed by atoms with E-state index in [-0.39, 0.29) is 11.9 Å². The Balaban J connectivity index is 1.69. The minimum atomic E-state index is -0.641. The van der Waals surface area contributed by atoms with Crippen molar-refractivity contribution in [1.29, 1.82) is 0 Å². The molecule has 0 saturated heterocycles. The molecule has 0 unspecified atom stereocenters. The Morgan fingerprint density at radius 2 is 1.79 bits per heavy atom. The molecule has 120 valence electrons. The molecular formula is C17H12ClN3O2S. The molecule has 2 atom stereocenters. The van der Waals surface area contributed by atoms with Crippen molar-refractivity contribution in [1.82, 2.24) is 5.01 Å². The Morgan fingerprint density at radius 1 is 1.08 bits per heavy atom. The third-order valence-electron chi connectivity index (χ3n) is 3.80. The molecule has 2 aliphatic rings. The quantitative estimate of drug-likeness (QED) is 0.839. The smallest absolute Gasteiger partial charge is 0.323 e. The molecule has 2 aromatic carbocycles. The molecule has 5 nitrogen and oxygen atoms in total. The van der Waals surface area contributed by atoms with Crippen LogP contribution >= 0.6 is 24.2 Å². The molecule has 7 heteroatoms. The highest BCUT2D eigenvalue weighted by Gasteiger charge is 2.42. The highest BCUT2D eigenvalue weighted by atomic mass is 35.5. The summed E-state index contributed by atoms with van der Waals surface area (Å²) in [5.41, 5.74) is 1.62. The number of rotatable bonds is 2. The van der Waals surface area contributed by atoms with E-state index in [1.165, 1.54) is 5.01 Å². The number of halogens is 1. The zero-order valence-electron chi connectivity index (χ0n) is 12.3. The number of benzene rings is 2. The topological polar surface area (TPSA) is 54.3 Å². The second-order valence-electron chi connectivity index (χ2n) is 5.38. The van der Waals surface area contributed by atoms with Gasteiger partial charge in [-0.15, -0.1) is 10.1 Å². The van der Waals surface area contributed by atoms with Crippen molar-refractivity contribution in [3.8, 4) is 0 Å². The summed E-state index contributed by atoms with van der Waals surface area (Å²) in [6.07, 6.45) is 0. The van der Waals surface area contributed by atoms with Crippen LogP contribution in [0.5, 0.6) is 0 Å². The van der Waals surface area contributed by atoms with Gasteiger partial charge in [-0.05, 0) is 29.8 Å². The van der Waals surface area contributed by atoms with Crippen LogP contribution in [-0.2, 0) is 9.53 Å².